The summed E-state index contributed by atoms with van der Waals surface area (Å²) in [6, 6.07) is 7.79. The van der Waals surface area contributed by atoms with Crippen LogP contribution < -0.4 is 0 Å². The number of pyridine rings is 1. The van der Waals surface area contributed by atoms with Gasteiger partial charge in [-0.3, -0.25) is 9.48 Å². The van der Waals surface area contributed by atoms with E-state index in [0.29, 0.717) is 18.7 Å². The largest absolute Gasteiger partial charge is 0.396 e. The molecule has 1 amide bonds. The van der Waals surface area contributed by atoms with E-state index < -0.39 is 0 Å². The second-order valence-electron chi connectivity index (χ2n) is 6.47. The van der Waals surface area contributed by atoms with E-state index >= 15 is 0 Å². The minimum atomic E-state index is 0.0172. The molecule has 1 aliphatic rings. The Bertz CT molecular complexity index is 849. The summed E-state index contributed by atoms with van der Waals surface area (Å²) in [6.45, 7) is 1.25. The van der Waals surface area contributed by atoms with Crippen LogP contribution >= 0.6 is 0 Å². The van der Waals surface area contributed by atoms with Gasteiger partial charge < -0.3 is 14.4 Å². The van der Waals surface area contributed by atoms with E-state index in [-0.39, 0.29) is 24.3 Å². The van der Waals surface area contributed by atoms with Crippen LogP contribution in [0.1, 0.15) is 21.8 Å². The lowest BCUT2D eigenvalue weighted by atomic mass is 9.92. The second-order valence-corrected chi connectivity index (χ2v) is 6.47. The molecule has 0 spiro atoms. The summed E-state index contributed by atoms with van der Waals surface area (Å²) >= 11 is 0. The lowest BCUT2D eigenvalue weighted by Gasteiger charge is -2.15. The van der Waals surface area contributed by atoms with E-state index in [1.54, 1.807) is 4.68 Å². The Kier molecular flexibility index (Phi) is 3.61. The van der Waals surface area contributed by atoms with Crippen molar-refractivity contribution in [2.75, 3.05) is 19.7 Å². The molecule has 0 bridgehead atoms. The highest BCUT2D eigenvalue weighted by atomic mass is 16.3. The zero-order valence-electron chi connectivity index (χ0n) is 13.5. The van der Waals surface area contributed by atoms with E-state index in [2.05, 4.69) is 5.10 Å². The number of aryl methyl sites for hydroxylation is 1. The number of rotatable bonds is 3. The first-order valence-electron chi connectivity index (χ1n) is 8.11. The van der Waals surface area contributed by atoms with E-state index in [1.165, 1.54) is 0 Å². The average molecular weight is 324 g/mol. The predicted octanol–water partition coefficient (Wildman–Crippen LogP) is 1.52. The second kappa shape index (κ2) is 5.79. The van der Waals surface area contributed by atoms with Crippen LogP contribution in [0.5, 0.6) is 0 Å². The fraction of sp³-hybridized carbons (Fsp3) is 0.333. The maximum atomic E-state index is 12.9. The van der Waals surface area contributed by atoms with Gasteiger partial charge in [-0.05, 0) is 23.8 Å². The first-order chi connectivity index (χ1) is 11.7. The Morgan fingerprint density at radius 3 is 2.92 bits per heavy atom. The minimum absolute atomic E-state index is 0.0172. The third-order valence-electron chi connectivity index (χ3n) is 4.87. The van der Waals surface area contributed by atoms with Crippen LogP contribution in [0.2, 0.25) is 0 Å². The molecule has 2 atom stereocenters. The van der Waals surface area contributed by atoms with Gasteiger partial charge in [-0.2, -0.15) is 5.10 Å². The molecule has 6 nitrogen and oxygen atoms in total. The summed E-state index contributed by atoms with van der Waals surface area (Å²) < 4.78 is 3.71. The fourth-order valence-electron chi connectivity index (χ4n) is 3.59. The van der Waals surface area contributed by atoms with Crippen LogP contribution in [-0.2, 0) is 7.05 Å². The molecular weight excluding hydrogens is 304 g/mol. The van der Waals surface area contributed by atoms with Crippen molar-refractivity contribution in [3.8, 4) is 0 Å². The summed E-state index contributed by atoms with van der Waals surface area (Å²) in [4.78, 5) is 14.7. The van der Waals surface area contributed by atoms with Crippen molar-refractivity contribution in [2.24, 2.45) is 13.0 Å². The third-order valence-corrected chi connectivity index (χ3v) is 4.87. The molecule has 1 saturated heterocycles. The average Bonchev–Trinajstić information content (AvgIpc) is 3.30. The first-order valence-corrected chi connectivity index (χ1v) is 8.11. The molecule has 1 fully saturated rings. The van der Waals surface area contributed by atoms with Crippen molar-refractivity contribution >= 4 is 11.4 Å². The molecule has 1 N–H and O–H groups in total. The standard InChI is InChI=1S/C18H20N4O2/c1-20-8-14(7-19-20)17-11-22(10-15(17)12-23)18(24)13-6-16-4-2-3-5-21(16)9-13/h2-9,15,17,23H,10-12H2,1H3/t15-,17-/m0/s1. The van der Waals surface area contributed by atoms with Gasteiger partial charge in [0.25, 0.3) is 5.91 Å². The Hall–Kier alpha value is -2.60. The monoisotopic (exact) mass is 324 g/mol. The van der Waals surface area contributed by atoms with Gasteiger partial charge in [0, 0.05) is 62.7 Å². The SMILES string of the molecule is Cn1cc([C@@H]2CN(C(=O)c3cc4ccccn4c3)C[C@H]2CO)cn1. The number of amides is 1. The molecular formula is C18H20N4O2. The lowest BCUT2D eigenvalue weighted by molar-refractivity contribution is 0.0781. The Morgan fingerprint density at radius 2 is 2.21 bits per heavy atom. The highest BCUT2D eigenvalue weighted by Crippen LogP contribution is 2.33. The van der Waals surface area contributed by atoms with Gasteiger partial charge in [-0.1, -0.05) is 6.07 Å². The quantitative estimate of drug-likeness (QED) is 0.794. The van der Waals surface area contributed by atoms with Crippen molar-refractivity contribution in [3.05, 3.63) is 60.2 Å². The number of carbonyl (C=O) groups excluding carboxylic acids is 1. The van der Waals surface area contributed by atoms with Crippen LogP contribution in [0.3, 0.4) is 0 Å². The molecule has 0 saturated carbocycles. The van der Waals surface area contributed by atoms with Gasteiger partial charge in [0.1, 0.15) is 0 Å². The number of nitrogens with zero attached hydrogens (tertiary/aromatic N) is 4. The molecule has 4 heterocycles. The number of hydrogen-bond donors (Lipinski definition) is 1. The number of hydrogen-bond acceptors (Lipinski definition) is 3. The number of carbonyl (C=O) groups is 1. The van der Waals surface area contributed by atoms with Crippen molar-refractivity contribution < 1.29 is 9.90 Å². The summed E-state index contributed by atoms with van der Waals surface area (Å²) in [5.74, 6) is 0.198. The molecule has 0 unspecified atom stereocenters. The lowest BCUT2D eigenvalue weighted by Crippen LogP contribution is -2.28. The summed E-state index contributed by atoms with van der Waals surface area (Å²) in [5.41, 5.74) is 2.76. The molecule has 3 aromatic heterocycles. The Labute approximate surface area is 139 Å². The minimum Gasteiger partial charge on any atom is -0.396 e. The fourth-order valence-corrected chi connectivity index (χ4v) is 3.59. The maximum Gasteiger partial charge on any atom is 0.255 e. The van der Waals surface area contributed by atoms with Crippen LogP contribution in [0.4, 0.5) is 0 Å². The van der Waals surface area contributed by atoms with Crippen molar-refractivity contribution in [1.29, 1.82) is 0 Å². The van der Waals surface area contributed by atoms with Gasteiger partial charge in [-0.25, -0.2) is 0 Å². The zero-order valence-corrected chi connectivity index (χ0v) is 13.5. The molecule has 0 aliphatic carbocycles. The summed E-state index contributed by atoms with van der Waals surface area (Å²) in [6.07, 6.45) is 7.59. The highest BCUT2D eigenvalue weighted by Gasteiger charge is 2.36. The number of aliphatic hydroxyl groups is 1. The number of likely N-dealkylation sites (tertiary alicyclic amines) is 1. The molecule has 1 aliphatic heterocycles. The summed E-state index contributed by atoms with van der Waals surface area (Å²) in [5, 5.41) is 13.9. The van der Waals surface area contributed by atoms with E-state index in [0.717, 1.165) is 11.1 Å². The topological polar surface area (TPSA) is 62.8 Å². The highest BCUT2D eigenvalue weighted by molar-refractivity contribution is 5.96. The number of aromatic nitrogens is 3. The maximum absolute atomic E-state index is 12.9. The molecule has 0 radical (unpaired) electrons. The number of aliphatic hydroxyl groups excluding tert-OH is 1. The van der Waals surface area contributed by atoms with E-state index in [1.807, 2.05) is 65.4 Å². The van der Waals surface area contributed by atoms with E-state index in [4.69, 9.17) is 0 Å². The number of fused-ring (bicyclic) bond motifs is 1. The normalized spacial score (nSPS) is 20.8. The molecule has 3 aromatic rings. The Balaban J connectivity index is 1.59. The smallest absolute Gasteiger partial charge is 0.255 e. The molecule has 6 heteroatoms. The Morgan fingerprint density at radius 1 is 1.33 bits per heavy atom. The van der Waals surface area contributed by atoms with Crippen LogP contribution in [0, 0.1) is 5.92 Å². The van der Waals surface area contributed by atoms with Crippen molar-refractivity contribution in [1.82, 2.24) is 19.1 Å². The van der Waals surface area contributed by atoms with Gasteiger partial charge in [0.15, 0.2) is 0 Å². The molecule has 124 valence electrons. The van der Waals surface area contributed by atoms with Gasteiger partial charge in [0.05, 0.1) is 11.8 Å². The van der Waals surface area contributed by atoms with Crippen LogP contribution in [-0.4, -0.2) is 49.8 Å². The van der Waals surface area contributed by atoms with Gasteiger partial charge >= 0.3 is 0 Å². The zero-order chi connectivity index (χ0) is 16.7. The van der Waals surface area contributed by atoms with Gasteiger partial charge in [0.2, 0.25) is 0 Å². The van der Waals surface area contributed by atoms with Crippen molar-refractivity contribution in [2.45, 2.75) is 5.92 Å². The van der Waals surface area contributed by atoms with Crippen LogP contribution in [0.25, 0.3) is 5.52 Å². The third kappa shape index (κ3) is 2.49. The van der Waals surface area contributed by atoms with Crippen molar-refractivity contribution in [3.63, 3.8) is 0 Å². The molecule has 0 aromatic carbocycles. The molecule has 4 rings (SSSR count). The first kappa shape index (κ1) is 15.0. The molecule has 24 heavy (non-hydrogen) atoms. The van der Waals surface area contributed by atoms with Crippen LogP contribution in [0.15, 0.2) is 49.1 Å². The van der Waals surface area contributed by atoms with Gasteiger partial charge in [-0.15, -0.1) is 0 Å². The summed E-state index contributed by atoms with van der Waals surface area (Å²) in [7, 11) is 1.88. The van der Waals surface area contributed by atoms with E-state index in [9.17, 15) is 9.90 Å². The predicted molar refractivity (Wildman–Crippen MR) is 89.8 cm³/mol.